The van der Waals surface area contributed by atoms with Gasteiger partial charge in [0.25, 0.3) is 0 Å². The minimum absolute atomic E-state index is 0.323. The Morgan fingerprint density at radius 2 is 1.12 bits per heavy atom. The summed E-state index contributed by atoms with van der Waals surface area (Å²) in [6.45, 7) is 0.646. The molecule has 24 heavy (non-hydrogen) atoms. The predicted molar refractivity (Wildman–Crippen MR) is 85.8 cm³/mol. The van der Waals surface area contributed by atoms with Crippen molar-refractivity contribution < 1.29 is 18.9 Å². The lowest BCUT2D eigenvalue weighted by Gasteiger charge is -2.46. The van der Waals surface area contributed by atoms with Crippen LogP contribution in [-0.4, -0.2) is 25.5 Å². The highest BCUT2D eigenvalue weighted by Crippen LogP contribution is 2.51. The zero-order chi connectivity index (χ0) is 15.8. The van der Waals surface area contributed by atoms with Crippen LogP contribution in [0.5, 0.6) is 23.0 Å². The van der Waals surface area contributed by atoms with E-state index in [0.29, 0.717) is 25.7 Å². The van der Waals surface area contributed by atoms with E-state index in [-0.39, 0.29) is 0 Å². The van der Waals surface area contributed by atoms with E-state index in [4.69, 9.17) is 18.9 Å². The zero-order valence-corrected chi connectivity index (χ0v) is 13.4. The Labute approximate surface area is 139 Å². The molecule has 2 aromatic carbocycles. The average molecular weight is 323 g/mol. The van der Waals surface area contributed by atoms with Crippen molar-refractivity contribution in [3.05, 3.63) is 46.5 Å². The standard InChI is InChI=1S/C19H17NO4/c1-20-14-2-10-4-16-18(23-8-21-16)6-12(10)15(20)3-11-5-17-19(7-13(11)14)24-9-22-17/h4-7,14-15H,2-3,8-9H2,1H3/t14-,15-/m0/s1. The summed E-state index contributed by atoms with van der Waals surface area (Å²) in [6.07, 6.45) is 1.96. The number of hydrogen-bond donors (Lipinski definition) is 0. The summed E-state index contributed by atoms with van der Waals surface area (Å²) in [7, 11) is 2.22. The molecule has 0 spiro atoms. The van der Waals surface area contributed by atoms with Crippen molar-refractivity contribution in [2.75, 3.05) is 20.6 Å². The van der Waals surface area contributed by atoms with E-state index in [2.05, 4.69) is 36.2 Å². The fourth-order valence-electron chi connectivity index (χ4n) is 4.55. The molecule has 0 unspecified atom stereocenters. The third kappa shape index (κ3) is 1.58. The number of rotatable bonds is 0. The minimum atomic E-state index is 0.323. The Bertz CT molecular complexity index is 807. The summed E-state index contributed by atoms with van der Waals surface area (Å²) in [5.41, 5.74) is 5.47. The van der Waals surface area contributed by atoms with E-state index >= 15 is 0 Å². The van der Waals surface area contributed by atoms with Gasteiger partial charge in [0.05, 0.1) is 0 Å². The fourth-order valence-corrected chi connectivity index (χ4v) is 4.55. The second-order valence-electron chi connectivity index (χ2n) is 6.91. The zero-order valence-electron chi connectivity index (χ0n) is 13.4. The molecule has 2 atom stereocenters. The van der Waals surface area contributed by atoms with E-state index in [1.54, 1.807) is 0 Å². The Morgan fingerprint density at radius 1 is 0.708 bits per heavy atom. The van der Waals surface area contributed by atoms with E-state index in [1.165, 1.54) is 22.3 Å². The average Bonchev–Trinajstić information content (AvgIpc) is 3.21. The fraction of sp³-hybridized carbons (Fsp3) is 0.368. The minimum Gasteiger partial charge on any atom is -0.454 e. The third-order valence-corrected chi connectivity index (χ3v) is 5.80. The quantitative estimate of drug-likeness (QED) is 0.745. The highest BCUT2D eigenvalue weighted by molar-refractivity contribution is 5.56. The van der Waals surface area contributed by atoms with Gasteiger partial charge in [-0.3, -0.25) is 4.90 Å². The number of nitrogens with zero attached hydrogens (tertiary/aromatic N) is 1. The normalized spacial score (nSPS) is 25.4. The molecule has 122 valence electrons. The van der Waals surface area contributed by atoms with Crippen molar-refractivity contribution >= 4 is 0 Å². The van der Waals surface area contributed by atoms with E-state index in [9.17, 15) is 0 Å². The lowest BCUT2D eigenvalue weighted by Crippen LogP contribution is -2.40. The Hall–Kier alpha value is -2.40. The Morgan fingerprint density at radius 3 is 1.58 bits per heavy atom. The van der Waals surface area contributed by atoms with E-state index < -0.39 is 0 Å². The first-order valence-corrected chi connectivity index (χ1v) is 8.35. The first-order valence-electron chi connectivity index (χ1n) is 8.35. The molecular weight excluding hydrogens is 306 g/mol. The molecule has 5 nitrogen and oxygen atoms in total. The molecule has 0 N–H and O–H groups in total. The number of hydrogen-bond acceptors (Lipinski definition) is 5. The van der Waals surface area contributed by atoms with Gasteiger partial charge < -0.3 is 18.9 Å². The van der Waals surface area contributed by atoms with Crippen LogP contribution >= 0.6 is 0 Å². The molecule has 5 heteroatoms. The van der Waals surface area contributed by atoms with Crippen molar-refractivity contribution in [2.45, 2.75) is 24.9 Å². The summed E-state index contributed by atoms with van der Waals surface area (Å²) >= 11 is 0. The highest BCUT2D eigenvalue weighted by Gasteiger charge is 2.40. The van der Waals surface area contributed by atoms with Crippen LogP contribution in [0.1, 0.15) is 34.3 Å². The molecule has 2 aromatic rings. The molecule has 4 heterocycles. The lowest BCUT2D eigenvalue weighted by atomic mass is 9.76. The van der Waals surface area contributed by atoms with Gasteiger partial charge in [-0.25, -0.2) is 0 Å². The first-order chi connectivity index (χ1) is 11.8. The van der Waals surface area contributed by atoms with Crippen molar-refractivity contribution in [3.8, 4) is 23.0 Å². The summed E-state index contributed by atoms with van der Waals surface area (Å²) in [5.74, 6) is 3.50. The van der Waals surface area contributed by atoms with E-state index in [1.807, 2.05) is 0 Å². The first kappa shape index (κ1) is 13.0. The lowest BCUT2D eigenvalue weighted by molar-refractivity contribution is 0.137. The Kier molecular flexibility index (Phi) is 2.35. The maximum absolute atomic E-state index is 5.59. The van der Waals surface area contributed by atoms with Crippen LogP contribution in [0, 0.1) is 0 Å². The monoisotopic (exact) mass is 323 g/mol. The molecule has 6 rings (SSSR count). The molecule has 4 aliphatic rings. The van der Waals surface area contributed by atoms with Crippen LogP contribution in [-0.2, 0) is 12.8 Å². The molecule has 0 fully saturated rings. The van der Waals surface area contributed by atoms with Crippen LogP contribution in [0.3, 0.4) is 0 Å². The van der Waals surface area contributed by atoms with Gasteiger partial charge in [-0.1, -0.05) is 0 Å². The number of fused-ring (bicyclic) bond motifs is 8. The molecule has 0 amide bonds. The summed E-state index contributed by atoms with van der Waals surface area (Å²) in [6, 6.07) is 9.41. The van der Waals surface area contributed by atoms with Gasteiger partial charge in [-0.2, -0.15) is 0 Å². The molecule has 2 bridgehead atoms. The van der Waals surface area contributed by atoms with Crippen molar-refractivity contribution in [3.63, 3.8) is 0 Å². The second kappa shape index (κ2) is 4.36. The Balaban J connectivity index is 1.51. The maximum atomic E-state index is 5.59. The van der Waals surface area contributed by atoms with E-state index in [0.717, 1.165) is 35.8 Å². The molecule has 0 aromatic heterocycles. The van der Waals surface area contributed by atoms with Crippen molar-refractivity contribution in [1.29, 1.82) is 0 Å². The van der Waals surface area contributed by atoms with Gasteiger partial charge in [0.2, 0.25) is 13.6 Å². The predicted octanol–water partition coefficient (Wildman–Crippen LogP) is 2.97. The summed E-state index contributed by atoms with van der Waals surface area (Å²) in [5, 5.41) is 0. The van der Waals surface area contributed by atoms with Gasteiger partial charge in [0.1, 0.15) is 0 Å². The summed E-state index contributed by atoms with van der Waals surface area (Å²) < 4.78 is 22.3. The summed E-state index contributed by atoms with van der Waals surface area (Å²) in [4.78, 5) is 2.48. The van der Waals surface area contributed by atoms with Crippen molar-refractivity contribution in [1.82, 2.24) is 4.90 Å². The number of likely N-dealkylation sites (N-methyl/N-ethyl adjacent to an activating group) is 1. The van der Waals surface area contributed by atoms with Crippen molar-refractivity contribution in [2.24, 2.45) is 0 Å². The van der Waals surface area contributed by atoms with Crippen LogP contribution in [0.15, 0.2) is 24.3 Å². The molecule has 4 aliphatic heterocycles. The largest absolute Gasteiger partial charge is 0.454 e. The topological polar surface area (TPSA) is 40.2 Å². The highest BCUT2D eigenvalue weighted by atomic mass is 16.7. The third-order valence-electron chi connectivity index (χ3n) is 5.80. The van der Waals surface area contributed by atoms with Crippen LogP contribution < -0.4 is 18.9 Å². The van der Waals surface area contributed by atoms with Crippen LogP contribution in [0.4, 0.5) is 0 Å². The smallest absolute Gasteiger partial charge is 0.231 e. The van der Waals surface area contributed by atoms with Gasteiger partial charge in [-0.05, 0) is 66.4 Å². The van der Waals surface area contributed by atoms with Gasteiger partial charge in [-0.15, -0.1) is 0 Å². The maximum Gasteiger partial charge on any atom is 0.231 e. The van der Waals surface area contributed by atoms with Crippen LogP contribution in [0.25, 0.3) is 0 Å². The molecule has 0 aliphatic carbocycles. The number of benzene rings is 2. The second-order valence-corrected chi connectivity index (χ2v) is 6.91. The molecule has 0 saturated carbocycles. The van der Waals surface area contributed by atoms with Crippen LogP contribution in [0.2, 0.25) is 0 Å². The number of ether oxygens (including phenoxy) is 4. The van der Waals surface area contributed by atoms with Gasteiger partial charge in [0, 0.05) is 12.1 Å². The molecule has 0 saturated heterocycles. The molecular formula is C19H17NO4. The molecule has 0 radical (unpaired) electrons. The van der Waals surface area contributed by atoms with Gasteiger partial charge in [0.15, 0.2) is 23.0 Å². The SMILES string of the molecule is CN1[C@H]2Cc3cc4c(cc3[C@@H]1Cc1cc3c(cc12)OCO3)OCO4. The van der Waals surface area contributed by atoms with Gasteiger partial charge >= 0.3 is 0 Å².